The van der Waals surface area contributed by atoms with E-state index in [4.69, 9.17) is 5.73 Å². The average Bonchev–Trinajstić information content (AvgIpc) is 1.84. The number of hydrogen-bond donors (Lipinski definition) is 1. The van der Waals surface area contributed by atoms with Crippen LogP contribution in [0.5, 0.6) is 0 Å². The molecule has 2 heteroatoms. The quantitative estimate of drug-likeness (QED) is 0.568. The van der Waals surface area contributed by atoms with Crippen LogP contribution < -0.4 is 5.73 Å². The molecule has 0 rings (SSSR count). The van der Waals surface area contributed by atoms with Gasteiger partial charge in [-0.1, -0.05) is 13.5 Å². The van der Waals surface area contributed by atoms with Crippen LogP contribution in [-0.2, 0) is 4.79 Å². The molecule has 0 aliphatic heterocycles. The third kappa shape index (κ3) is 2.42. The van der Waals surface area contributed by atoms with Gasteiger partial charge in [-0.05, 0) is 13.0 Å². The minimum absolute atomic E-state index is 0.0185. The van der Waals surface area contributed by atoms with E-state index in [1.54, 1.807) is 6.92 Å². The number of carbonyl (C=O) groups is 1. The molecule has 0 aromatic heterocycles. The van der Waals surface area contributed by atoms with Crippen molar-refractivity contribution in [2.24, 2.45) is 11.7 Å². The summed E-state index contributed by atoms with van der Waals surface area (Å²) in [6.45, 7) is 6.97. The Balaban J connectivity index is 3.87. The van der Waals surface area contributed by atoms with Gasteiger partial charge in [0.25, 0.3) is 0 Å². The van der Waals surface area contributed by atoms with Crippen LogP contribution in [0.15, 0.2) is 12.7 Å². The number of ketones is 1. The molecule has 0 fully saturated rings. The molecule has 0 heterocycles. The van der Waals surface area contributed by atoms with Gasteiger partial charge in [-0.15, -0.1) is 0 Å². The fraction of sp³-hybridized carbons (Fsp3) is 0.571. The SMILES string of the molecule is C=CC(=O)C(C)C(C)N. The summed E-state index contributed by atoms with van der Waals surface area (Å²) in [4.78, 5) is 10.8. The molecule has 0 aliphatic carbocycles. The van der Waals surface area contributed by atoms with E-state index in [1.165, 1.54) is 6.08 Å². The van der Waals surface area contributed by atoms with Crippen molar-refractivity contribution < 1.29 is 4.79 Å². The first kappa shape index (κ1) is 8.37. The second-order valence-corrected chi connectivity index (χ2v) is 2.25. The third-order valence-electron chi connectivity index (χ3n) is 1.44. The van der Waals surface area contributed by atoms with E-state index in [9.17, 15) is 4.79 Å². The maximum absolute atomic E-state index is 10.8. The lowest BCUT2D eigenvalue weighted by Crippen LogP contribution is -2.29. The molecule has 52 valence electrons. The molecule has 0 spiro atoms. The lowest BCUT2D eigenvalue weighted by Gasteiger charge is -2.10. The van der Waals surface area contributed by atoms with Crippen LogP contribution in [0.4, 0.5) is 0 Å². The molecule has 2 unspecified atom stereocenters. The van der Waals surface area contributed by atoms with Gasteiger partial charge in [0.1, 0.15) is 0 Å². The van der Waals surface area contributed by atoms with Gasteiger partial charge in [0.05, 0.1) is 0 Å². The summed E-state index contributed by atoms with van der Waals surface area (Å²) in [7, 11) is 0. The molecular formula is C7H13NO. The van der Waals surface area contributed by atoms with Gasteiger partial charge in [0, 0.05) is 12.0 Å². The number of allylic oxidation sites excluding steroid dienone is 1. The van der Waals surface area contributed by atoms with Crippen LogP contribution in [0.2, 0.25) is 0 Å². The smallest absolute Gasteiger partial charge is 0.159 e. The Morgan fingerprint density at radius 2 is 2.11 bits per heavy atom. The lowest BCUT2D eigenvalue weighted by molar-refractivity contribution is -0.118. The Hall–Kier alpha value is -0.630. The van der Waals surface area contributed by atoms with Crippen molar-refractivity contribution in [1.29, 1.82) is 0 Å². The van der Waals surface area contributed by atoms with Crippen LogP contribution in [-0.4, -0.2) is 11.8 Å². The first-order valence-electron chi connectivity index (χ1n) is 3.01. The maximum Gasteiger partial charge on any atom is 0.159 e. The van der Waals surface area contributed by atoms with E-state index >= 15 is 0 Å². The zero-order chi connectivity index (χ0) is 7.44. The Kier molecular flexibility index (Phi) is 3.17. The van der Waals surface area contributed by atoms with Crippen molar-refractivity contribution in [1.82, 2.24) is 0 Å². The maximum atomic E-state index is 10.8. The van der Waals surface area contributed by atoms with Crippen LogP contribution in [0.25, 0.3) is 0 Å². The lowest BCUT2D eigenvalue weighted by atomic mass is 10.00. The monoisotopic (exact) mass is 127 g/mol. The van der Waals surface area contributed by atoms with Crippen LogP contribution in [0, 0.1) is 5.92 Å². The number of rotatable bonds is 3. The van der Waals surface area contributed by atoms with E-state index in [0.717, 1.165) is 0 Å². The van der Waals surface area contributed by atoms with Gasteiger partial charge < -0.3 is 5.73 Å². The molecule has 2 atom stereocenters. The molecule has 9 heavy (non-hydrogen) atoms. The highest BCUT2D eigenvalue weighted by Gasteiger charge is 2.12. The molecule has 0 aromatic rings. The second-order valence-electron chi connectivity index (χ2n) is 2.25. The van der Waals surface area contributed by atoms with Crippen molar-refractivity contribution in [3.8, 4) is 0 Å². The highest BCUT2D eigenvalue weighted by molar-refractivity contribution is 5.91. The van der Waals surface area contributed by atoms with Gasteiger partial charge in [0.2, 0.25) is 0 Å². The van der Waals surface area contributed by atoms with E-state index in [2.05, 4.69) is 6.58 Å². The molecule has 0 bridgehead atoms. The summed E-state index contributed by atoms with van der Waals surface area (Å²) >= 11 is 0. The van der Waals surface area contributed by atoms with E-state index in [0.29, 0.717) is 0 Å². The summed E-state index contributed by atoms with van der Waals surface area (Å²) in [5.74, 6) is -0.0764. The van der Waals surface area contributed by atoms with Gasteiger partial charge in [0.15, 0.2) is 5.78 Å². The van der Waals surface area contributed by atoms with E-state index < -0.39 is 0 Å². The van der Waals surface area contributed by atoms with Gasteiger partial charge >= 0.3 is 0 Å². The van der Waals surface area contributed by atoms with E-state index in [1.807, 2.05) is 6.92 Å². The minimum Gasteiger partial charge on any atom is -0.327 e. The highest BCUT2D eigenvalue weighted by atomic mass is 16.1. The van der Waals surface area contributed by atoms with Crippen molar-refractivity contribution in [2.45, 2.75) is 19.9 Å². The predicted octanol–water partition coefficient (Wildman–Crippen LogP) is 0.725. The molecule has 2 N–H and O–H groups in total. The van der Waals surface area contributed by atoms with Crippen molar-refractivity contribution in [3.05, 3.63) is 12.7 Å². The van der Waals surface area contributed by atoms with Gasteiger partial charge in [-0.25, -0.2) is 0 Å². The molecule has 0 aliphatic rings. The molecular weight excluding hydrogens is 114 g/mol. The molecule has 0 saturated carbocycles. The van der Waals surface area contributed by atoms with Crippen molar-refractivity contribution in [3.63, 3.8) is 0 Å². The fourth-order valence-corrected chi connectivity index (χ4v) is 0.445. The number of carbonyl (C=O) groups excluding carboxylic acids is 1. The van der Waals surface area contributed by atoms with Crippen LogP contribution in [0.3, 0.4) is 0 Å². The Morgan fingerprint density at radius 1 is 1.67 bits per heavy atom. The summed E-state index contributed by atoms with van der Waals surface area (Å²) in [6, 6.07) is -0.0736. The average molecular weight is 127 g/mol. The number of nitrogens with two attached hydrogens (primary N) is 1. The summed E-state index contributed by atoms with van der Waals surface area (Å²) in [5.41, 5.74) is 5.44. The van der Waals surface area contributed by atoms with Gasteiger partial charge in [-0.3, -0.25) is 4.79 Å². The molecule has 0 amide bonds. The number of hydrogen-bond acceptors (Lipinski definition) is 2. The molecule has 2 nitrogen and oxygen atoms in total. The molecule has 0 aromatic carbocycles. The molecule has 0 saturated heterocycles. The standard InChI is InChI=1S/C7H13NO/c1-4-7(9)5(2)6(3)8/h4-6H,1,8H2,2-3H3. The highest BCUT2D eigenvalue weighted by Crippen LogP contribution is 2.00. The third-order valence-corrected chi connectivity index (χ3v) is 1.44. The summed E-state index contributed by atoms with van der Waals surface area (Å²) in [6.07, 6.45) is 1.31. The first-order chi connectivity index (χ1) is 4.09. The second kappa shape index (κ2) is 3.41. The normalized spacial score (nSPS) is 16.3. The Labute approximate surface area is 55.7 Å². The first-order valence-corrected chi connectivity index (χ1v) is 3.01. The van der Waals surface area contributed by atoms with Crippen LogP contribution in [0.1, 0.15) is 13.8 Å². The Morgan fingerprint density at radius 3 is 2.22 bits per heavy atom. The van der Waals surface area contributed by atoms with E-state index in [-0.39, 0.29) is 17.7 Å². The minimum atomic E-state index is -0.0949. The zero-order valence-electron chi connectivity index (χ0n) is 5.92. The van der Waals surface area contributed by atoms with Crippen LogP contribution >= 0.6 is 0 Å². The van der Waals surface area contributed by atoms with Crippen molar-refractivity contribution in [2.75, 3.05) is 0 Å². The summed E-state index contributed by atoms with van der Waals surface area (Å²) in [5, 5.41) is 0. The van der Waals surface area contributed by atoms with Crippen molar-refractivity contribution >= 4 is 5.78 Å². The zero-order valence-corrected chi connectivity index (χ0v) is 5.92. The fourth-order valence-electron chi connectivity index (χ4n) is 0.445. The predicted molar refractivity (Wildman–Crippen MR) is 38.0 cm³/mol. The summed E-state index contributed by atoms with van der Waals surface area (Å²) < 4.78 is 0. The molecule has 0 radical (unpaired) electrons. The topological polar surface area (TPSA) is 43.1 Å². The largest absolute Gasteiger partial charge is 0.327 e. The van der Waals surface area contributed by atoms with Gasteiger partial charge in [-0.2, -0.15) is 0 Å². The Bertz CT molecular complexity index is 118.